The van der Waals surface area contributed by atoms with E-state index in [9.17, 15) is 9.18 Å². The average Bonchev–Trinajstić information content (AvgIpc) is 3.16. The summed E-state index contributed by atoms with van der Waals surface area (Å²) in [5.41, 5.74) is 2.39. The number of amides is 1. The lowest BCUT2D eigenvalue weighted by Gasteiger charge is -2.28. The number of para-hydroxylation sites is 2. The summed E-state index contributed by atoms with van der Waals surface area (Å²) in [7, 11) is 1.55. The Balaban J connectivity index is 1.78. The predicted molar refractivity (Wildman–Crippen MR) is 119 cm³/mol. The molecule has 0 radical (unpaired) electrons. The Kier molecular flexibility index (Phi) is 5.94. The predicted octanol–water partition coefficient (Wildman–Crippen LogP) is 4.47. The topological polar surface area (TPSA) is 81.1 Å². The molecule has 2 heterocycles. The Hall–Kier alpha value is -3.33. The minimum Gasteiger partial charge on any atom is -0.495 e. The molecule has 1 aromatic heterocycles. The highest BCUT2D eigenvalue weighted by Crippen LogP contribution is 2.37. The summed E-state index contributed by atoms with van der Waals surface area (Å²) >= 11 is 1.51. The zero-order valence-corrected chi connectivity index (χ0v) is 18.2. The van der Waals surface area contributed by atoms with Crippen LogP contribution in [0.2, 0.25) is 0 Å². The van der Waals surface area contributed by atoms with Crippen molar-refractivity contribution in [2.24, 2.45) is 0 Å². The number of carbonyl (C=O) groups excluding carboxylic acids is 1. The molecule has 2 aromatic carbocycles. The molecule has 9 heteroatoms. The van der Waals surface area contributed by atoms with Crippen LogP contribution in [0.1, 0.15) is 25.5 Å². The number of carbonyl (C=O) groups is 1. The van der Waals surface area contributed by atoms with Gasteiger partial charge >= 0.3 is 0 Å². The molecule has 1 aliphatic heterocycles. The largest absolute Gasteiger partial charge is 0.495 e. The maximum Gasteiger partial charge on any atom is 0.255 e. The Morgan fingerprint density at radius 1 is 1.26 bits per heavy atom. The van der Waals surface area contributed by atoms with Gasteiger partial charge in [0, 0.05) is 5.70 Å². The third kappa shape index (κ3) is 4.13. The van der Waals surface area contributed by atoms with Crippen molar-refractivity contribution >= 4 is 29.3 Å². The minimum atomic E-state index is -0.565. The lowest BCUT2D eigenvalue weighted by Crippen LogP contribution is -2.31. The number of halogens is 1. The Labute approximate surface area is 183 Å². The molecule has 1 atom stereocenters. The van der Waals surface area contributed by atoms with Crippen LogP contribution in [-0.2, 0) is 4.79 Å². The van der Waals surface area contributed by atoms with E-state index in [-0.39, 0.29) is 11.7 Å². The SMILES string of the molecule is CCSc1nc2n(n1)C(c1ccc(F)cc1)C(C(=O)Nc1ccccc1OC)=C(C)N2. The number of nitrogens with zero attached hydrogens (tertiary/aromatic N) is 3. The van der Waals surface area contributed by atoms with Gasteiger partial charge in [-0.15, -0.1) is 5.10 Å². The summed E-state index contributed by atoms with van der Waals surface area (Å²) in [6, 6.07) is 12.7. The van der Waals surface area contributed by atoms with E-state index in [0.29, 0.717) is 33.8 Å². The van der Waals surface area contributed by atoms with E-state index in [1.165, 1.54) is 23.9 Å². The molecule has 1 amide bonds. The first kappa shape index (κ1) is 20.9. The molecule has 0 bridgehead atoms. The quantitative estimate of drug-likeness (QED) is 0.552. The molecule has 0 saturated heterocycles. The molecule has 0 fully saturated rings. The summed E-state index contributed by atoms with van der Waals surface area (Å²) in [6.07, 6.45) is 0. The van der Waals surface area contributed by atoms with E-state index in [4.69, 9.17) is 4.74 Å². The zero-order chi connectivity index (χ0) is 22.0. The van der Waals surface area contributed by atoms with Crippen LogP contribution in [-0.4, -0.2) is 33.5 Å². The number of ether oxygens (including phenoxy) is 1. The number of nitrogens with one attached hydrogen (secondary N) is 2. The average molecular weight is 440 g/mol. The number of fused-ring (bicyclic) bond motifs is 1. The molecule has 4 rings (SSSR count). The van der Waals surface area contributed by atoms with E-state index in [1.807, 2.05) is 26.0 Å². The van der Waals surface area contributed by atoms with E-state index < -0.39 is 6.04 Å². The molecule has 0 saturated carbocycles. The first-order valence-electron chi connectivity index (χ1n) is 9.78. The molecular formula is C22H22FN5O2S. The van der Waals surface area contributed by atoms with Crippen molar-refractivity contribution in [2.45, 2.75) is 25.0 Å². The minimum absolute atomic E-state index is 0.310. The van der Waals surface area contributed by atoms with Crippen molar-refractivity contribution in [3.05, 3.63) is 71.2 Å². The van der Waals surface area contributed by atoms with Gasteiger partial charge in [0.25, 0.3) is 5.91 Å². The first-order chi connectivity index (χ1) is 15.0. The van der Waals surface area contributed by atoms with Crippen LogP contribution in [0.15, 0.2) is 65.0 Å². The number of aromatic nitrogens is 3. The van der Waals surface area contributed by atoms with E-state index >= 15 is 0 Å². The number of hydrogen-bond donors (Lipinski definition) is 2. The highest BCUT2D eigenvalue weighted by molar-refractivity contribution is 7.99. The second-order valence-corrected chi connectivity index (χ2v) is 8.10. The second-order valence-electron chi connectivity index (χ2n) is 6.87. The van der Waals surface area contributed by atoms with Crippen LogP contribution in [0.25, 0.3) is 0 Å². The van der Waals surface area contributed by atoms with Gasteiger partial charge in [-0.25, -0.2) is 9.07 Å². The van der Waals surface area contributed by atoms with Crippen molar-refractivity contribution in [3.8, 4) is 5.75 Å². The lowest BCUT2D eigenvalue weighted by molar-refractivity contribution is -0.113. The molecule has 0 aliphatic carbocycles. The second kappa shape index (κ2) is 8.81. The molecule has 31 heavy (non-hydrogen) atoms. The smallest absolute Gasteiger partial charge is 0.255 e. The summed E-state index contributed by atoms with van der Waals surface area (Å²) in [6.45, 7) is 3.84. The zero-order valence-electron chi connectivity index (χ0n) is 17.3. The van der Waals surface area contributed by atoms with Crippen molar-refractivity contribution in [1.29, 1.82) is 0 Å². The van der Waals surface area contributed by atoms with Crippen molar-refractivity contribution in [3.63, 3.8) is 0 Å². The fourth-order valence-electron chi connectivity index (χ4n) is 3.51. The summed E-state index contributed by atoms with van der Waals surface area (Å²) < 4.78 is 20.6. The molecule has 1 unspecified atom stereocenters. The molecule has 2 N–H and O–H groups in total. The van der Waals surface area contributed by atoms with Crippen LogP contribution in [0.4, 0.5) is 16.0 Å². The number of benzene rings is 2. The molecule has 160 valence electrons. The number of anilines is 2. The van der Waals surface area contributed by atoms with Crippen LogP contribution < -0.4 is 15.4 Å². The van der Waals surface area contributed by atoms with Crippen LogP contribution in [0.5, 0.6) is 5.75 Å². The van der Waals surface area contributed by atoms with Gasteiger partial charge in [-0.05, 0) is 42.5 Å². The highest BCUT2D eigenvalue weighted by Gasteiger charge is 2.34. The Bertz CT molecular complexity index is 1140. The van der Waals surface area contributed by atoms with Gasteiger partial charge in [0.05, 0.1) is 18.4 Å². The van der Waals surface area contributed by atoms with Gasteiger partial charge in [-0.2, -0.15) is 4.98 Å². The van der Waals surface area contributed by atoms with Crippen LogP contribution in [0.3, 0.4) is 0 Å². The fourth-order valence-corrected chi connectivity index (χ4v) is 4.06. The first-order valence-corrected chi connectivity index (χ1v) is 10.8. The molecule has 7 nitrogen and oxygen atoms in total. The number of thioether (sulfide) groups is 1. The van der Waals surface area contributed by atoms with E-state index in [1.54, 1.807) is 36.1 Å². The van der Waals surface area contributed by atoms with Gasteiger partial charge in [0.2, 0.25) is 11.1 Å². The Morgan fingerprint density at radius 2 is 2.00 bits per heavy atom. The highest BCUT2D eigenvalue weighted by atomic mass is 32.2. The van der Waals surface area contributed by atoms with Gasteiger partial charge in [-0.1, -0.05) is 43.0 Å². The van der Waals surface area contributed by atoms with E-state index in [0.717, 1.165) is 11.3 Å². The summed E-state index contributed by atoms with van der Waals surface area (Å²) in [4.78, 5) is 18.0. The molecular weight excluding hydrogens is 417 g/mol. The fraction of sp³-hybridized carbons (Fsp3) is 0.227. The van der Waals surface area contributed by atoms with E-state index in [2.05, 4.69) is 20.7 Å². The van der Waals surface area contributed by atoms with Gasteiger partial charge in [0.1, 0.15) is 17.6 Å². The Morgan fingerprint density at radius 3 is 2.71 bits per heavy atom. The van der Waals surface area contributed by atoms with Gasteiger partial charge < -0.3 is 15.4 Å². The normalized spacial score (nSPS) is 15.3. The monoisotopic (exact) mass is 439 g/mol. The third-order valence-corrected chi connectivity index (χ3v) is 5.61. The summed E-state index contributed by atoms with van der Waals surface area (Å²) in [5.74, 6) is 1.25. The van der Waals surface area contributed by atoms with Gasteiger partial charge in [0.15, 0.2) is 0 Å². The van der Waals surface area contributed by atoms with Crippen molar-refractivity contribution in [1.82, 2.24) is 14.8 Å². The third-order valence-electron chi connectivity index (χ3n) is 4.89. The molecule has 1 aliphatic rings. The van der Waals surface area contributed by atoms with Crippen LogP contribution >= 0.6 is 11.8 Å². The van der Waals surface area contributed by atoms with Crippen LogP contribution in [0, 0.1) is 5.82 Å². The molecule has 0 spiro atoms. The maximum atomic E-state index is 13.6. The number of methoxy groups -OCH3 is 1. The van der Waals surface area contributed by atoms with Crippen molar-refractivity contribution < 1.29 is 13.9 Å². The summed E-state index contributed by atoms with van der Waals surface area (Å²) in [5, 5.41) is 11.3. The maximum absolute atomic E-state index is 13.6. The molecule has 3 aromatic rings. The number of allylic oxidation sites excluding steroid dienone is 1. The standard InChI is InChI=1S/C22H22FN5O2S/c1-4-31-22-26-21-24-13(2)18(20(29)25-16-7-5-6-8-17(16)30-3)19(28(21)27-22)14-9-11-15(23)12-10-14/h5-12,19H,4H2,1-3H3,(H,25,29)(H,24,26,27). The lowest BCUT2D eigenvalue weighted by atomic mass is 9.95. The number of hydrogen-bond acceptors (Lipinski definition) is 6. The van der Waals surface area contributed by atoms with Crippen molar-refractivity contribution in [2.75, 3.05) is 23.5 Å². The van der Waals surface area contributed by atoms with Gasteiger partial charge in [-0.3, -0.25) is 4.79 Å². The number of rotatable bonds is 6.